The number of aryl methyl sites for hydroxylation is 2. The van der Waals surface area contributed by atoms with E-state index in [4.69, 9.17) is 0 Å². The summed E-state index contributed by atoms with van der Waals surface area (Å²) in [5.41, 5.74) is 0. The lowest BCUT2D eigenvalue weighted by Gasteiger charge is -2.12. The quantitative estimate of drug-likeness (QED) is 0.669. The first kappa shape index (κ1) is 14.2. The molecule has 0 saturated carbocycles. The van der Waals surface area contributed by atoms with E-state index in [-0.39, 0.29) is 0 Å². The number of imidazole rings is 1. The molecule has 0 saturated heterocycles. The molecule has 0 aromatic carbocycles. The average Bonchev–Trinajstić information content (AvgIpc) is 2.75. The zero-order valence-electron chi connectivity index (χ0n) is 11.6. The molecule has 1 aromatic rings. The van der Waals surface area contributed by atoms with Crippen LogP contribution in [0, 0.1) is 5.92 Å². The van der Waals surface area contributed by atoms with Gasteiger partial charge in [0.25, 0.3) is 0 Å². The van der Waals surface area contributed by atoms with E-state index in [9.17, 15) is 0 Å². The van der Waals surface area contributed by atoms with Crippen LogP contribution < -0.4 is 5.32 Å². The van der Waals surface area contributed by atoms with Crippen LogP contribution in [0.5, 0.6) is 0 Å². The summed E-state index contributed by atoms with van der Waals surface area (Å²) in [5, 5.41) is 3.48. The summed E-state index contributed by atoms with van der Waals surface area (Å²) in [6, 6.07) is 0. The second kappa shape index (κ2) is 8.29. The van der Waals surface area contributed by atoms with Crippen molar-refractivity contribution in [2.45, 2.75) is 53.0 Å². The summed E-state index contributed by atoms with van der Waals surface area (Å²) in [6.45, 7) is 10.1. The van der Waals surface area contributed by atoms with E-state index in [2.05, 4.69) is 41.8 Å². The monoisotopic (exact) mass is 237 g/mol. The van der Waals surface area contributed by atoms with Crippen molar-refractivity contribution in [3.63, 3.8) is 0 Å². The maximum Gasteiger partial charge on any atom is 0.108 e. The van der Waals surface area contributed by atoms with Gasteiger partial charge in [-0.05, 0) is 38.3 Å². The van der Waals surface area contributed by atoms with Crippen LogP contribution >= 0.6 is 0 Å². The maximum absolute atomic E-state index is 4.45. The molecule has 1 aromatic heterocycles. The highest BCUT2D eigenvalue weighted by molar-refractivity contribution is 4.92. The Kier molecular flexibility index (Phi) is 6.94. The zero-order chi connectivity index (χ0) is 12.5. The average molecular weight is 237 g/mol. The predicted molar refractivity (Wildman–Crippen MR) is 73.2 cm³/mol. The van der Waals surface area contributed by atoms with Gasteiger partial charge in [-0.25, -0.2) is 4.98 Å². The van der Waals surface area contributed by atoms with Crippen LogP contribution in [0.1, 0.15) is 45.9 Å². The largest absolute Gasteiger partial charge is 0.335 e. The molecule has 0 radical (unpaired) electrons. The molecule has 1 N–H and O–H groups in total. The van der Waals surface area contributed by atoms with Gasteiger partial charge in [-0.15, -0.1) is 0 Å². The van der Waals surface area contributed by atoms with Gasteiger partial charge in [0.15, 0.2) is 0 Å². The number of nitrogens with zero attached hydrogens (tertiary/aromatic N) is 2. The van der Waals surface area contributed by atoms with Crippen molar-refractivity contribution in [1.82, 2.24) is 14.9 Å². The summed E-state index contributed by atoms with van der Waals surface area (Å²) < 4.78 is 2.28. The second-order valence-corrected chi connectivity index (χ2v) is 4.88. The molecule has 0 aliphatic carbocycles. The van der Waals surface area contributed by atoms with E-state index in [1.807, 2.05) is 6.20 Å². The van der Waals surface area contributed by atoms with Crippen LogP contribution in [0.3, 0.4) is 0 Å². The van der Waals surface area contributed by atoms with Crippen LogP contribution in [0.15, 0.2) is 12.4 Å². The first-order valence-electron chi connectivity index (χ1n) is 6.98. The Balaban J connectivity index is 2.26. The molecule has 17 heavy (non-hydrogen) atoms. The lowest BCUT2D eigenvalue weighted by molar-refractivity contribution is 0.470. The third kappa shape index (κ3) is 5.35. The van der Waals surface area contributed by atoms with Gasteiger partial charge in [0.2, 0.25) is 0 Å². The molecule has 3 heteroatoms. The highest BCUT2D eigenvalue weighted by Crippen LogP contribution is 2.08. The van der Waals surface area contributed by atoms with Gasteiger partial charge in [-0.1, -0.05) is 20.8 Å². The highest BCUT2D eigenvalue weighted by Gasteiger charge is 2.06. The van der Waals surface area contributed by atoms with Crippen molar-refractivity contribution >= 4 is 0 Å². The van der Waals surface area contributed by atoms with Gasteiger partial charge in [0, 0.05) is 25.4 Å². The van der Waals surface area contributed by atoms with Crippen molar-refractivity contribution in [1.29, 1.82) is 0 Å². The van der Waals surface area contributed by atoms with Crippen molar-refractivity contribution in [3.05, 3.63) is 18.2 Å². The van der Waals surface area contributed by atoms with Crippen LogP contribution in [0.4, 0.5) is 0 Å². The van der Waals surface area contributed by atoms with Gasteiger partial charge >= 0.3 is 0 Å². The molecule has 0 fully saturated rings. The summed E-state index contributed by atoms with van der Waals surface area (Å²) in [7, 11) is 0. The van der Waals surface area contributed by atoms with Crippen molar-refractivity contribution in [2.75, 3.05) is 13.1 Å². The molecule has 1 atom stereocenters. The van der Waals surface area contributed by atoms with Crippen LogP contribution in [0.25, 0.3) is 0 Å². The van der Waals surface area contributed by atoms with Crippen LogP contribution in [-0.4, -0.2) is 22.6 Å². The smallest absolute Gasteiger partial charge is 0.108 e. The predicted octanol–water partition coefficient (Wildman–Crippen LogP) is 2.86. The molecule has 1 rings (SSSR count). The molecule has 0 bridgehead atoms. The van der Waals surface area contributed by atoms with Gasteiger partial charge < -0.3 is 9.88 Å². The Morgan fingerprint density at radius 3 is 2.88 bits per heavy atom. The van der Waals surface area contributed by atoms with Crippen LogP contribution in [-0.2, 0) is 13.0 Å². The highest BCUT2D eigenvalue weighted by atomic mass is 15.1. The summed E-state index contributed by atoms with van der Waals surface area (Å²) >= 11 is 0. The molecular formula is C14H27N3. The Morgan fingerprint density at radius 1 is 1.35 bits per heavy atom. The lowest BCUT2D eigenvalue weighted by atomic mass is 10.1. The normalized spacial score (nSPS) is 12.9. The third-order valence-corrected chi connectivity index (χ3v) is 3.05. The molecule has 0 aliphatic heterocycles. The number of aromatic nitrogens is 2. The summed E-state index contributed by atoms with van der Waals surface area (Å²) in [5.74, 6) is 1.97. The van der Waals surface area contributed by atoms with E-state index < -0.39 is 0 Å². The number of hydrogen-bond acceptors (Lipinski definition) is 2. The Hall–Kier alpha value is -0.830. The fraction of sp³-hybridized carbons (Fsp3) is 0.786. The lowest BCUT2D eigenvalue weighted by Crippen LogP contribution is -2.22. The SMILES string of the molecule is CCCNCC(C)CCc1nccn1CCC. The topological polar surface area (TPSA) is 29.9 Å². The number of rotatable bonds is 9. The first-order chi connectivity index (χ1) is 8.27. The Bertz CT molecular complexity index is 293. The molecule has 3 nitrogen and oxygen atoms in total. The van der Waals surface area contributed by atoms with Gasteiger partial charge in [-0.2, -0.15) is 0 Å². The minimum absolute atomic E-state index is 0.730. The number of nitrogens with one attached hydrogen (secondary N) is 1. The molecule has 0 aliphatic rings. The second-order valence-electron chi connectivity index (χ2n) is 4.88. The minimum atomic E-state index is 0.730. The summed E-state index contributed by atoms with van der Waals surface area (Å²) in [6.07, 6.45) is 8.73. The maximum atomic E-state index is 4.45. The van der Waals surface area contributed by atoms with Gasteiger partial charge in [0.1, 0.15) is 5.82 Å². The molecule has 98 valence electrons. The molecule has 1 unspecified atom stereocenters. The van der Waals surface area contributed by atoms with Gasteiger partial charge in [-0.3, -0.25) is 0 Å². The summed E-state index contributed by atoms with van der Waals surface area (Å²) in [4.78, 5) is 4.45. The van der Waals surface area contributed by atoms with E-state index >= 15 is 0 Å². The molecule has 1 heterocycles. The number of hydrogen-bond donors (Lipinski definition) is 1. The van der Waals surface area contributed by atoms with E-state index in [1.165, 1.54) is 25.1 Å². The van der Waals surface area contributed by atoms with Crippen molar-refractivity contribution < 1.29 is 0 Å². The van der Waals surface area contributed by atoms with Crippen molar-refractivity contribution in [3.8, 4) is 0 Å². The standard InChI is InChI=1S/C14H27N3/c1-4-8-15-12-13(3)6-7-14-16-9-11-17(14)10-5-2/h9,11,13,15H,4-8,10,12H2,1-3H3. The molecular weight excluding hydrogens is 210 g/mol. The Morgan fingerprint density at radius 2 is 2.18 bits per heavy atom. The third-order valence-electron chi connectivity index (χ3n) is 3.05. The van der Waals surface area contributed by atoms with E-state index in [0.717, 1.165) is 32.0 Å². The first-order valence-corrected chi connectivity index (χ1v) is 6.98. The zero-order valence-corrected chi connectivity index (χ0v) is 11.6. The van der Waals surface area contributed by atoms with Gasteiger partial charge in [0.05, 0.1) is 0 Å². The van der Waals surface area contributed by atoms with E-state index in [0.29, 0.717) is 0 Å². The van der Waals surface area contributed by atoms with Crippen LogP contribution in [0.2, 0.25) is 0 Å². The Labute approximate surface area is 106 Å². The fourth-order valence-corrected chi connectivity index (χ4v) is 2.02. The van der Waals surface area contributed by atoms with Crippen molar-refractivity contribution in [2.24, 2.45) is 5.92 Å². The van der Waals surface area contributed by atoms with E-state index in [1.54, 1.807) is 0 Å². The fourth-order valence-electron chi connectivity index (χ4n) is 2.02. The molecule has 0 amide bonds. The minimum Gasteiger partial charge on any atom is -0.335 e. The molecule has 0 spiro atoms.